The molecule has 1 saturated carbocycles. The Labute approximate surface area is 153 Å². The van der Waals surface area contributed by atoms with Crippen LogP contribution >= 0.6 is 11.8 Å². The van der Waals surface area contributed by atoms with Crippen LogP contribution in [-0.4, -0.2) is 32.5 Å². The van der Waals surface area contributed by atoms with Crippen molar-refractivity contribution in [3.8, 4) is 0 Å². The Kier molecular flexibility index (Phi) is 4.36. The third-order valence-corrected chi connectivity index (χ3v) is 6.28. The molecule has 1 aliphatic heterocycles. The standard InChI is InChI=1S/C18H19N3O4S/c22-13-9-26-15(10-5-7-11(8-6-10)18(24)25)14-16(19-13)21(20-17(14)23)12-3-1-2-4-12/h5-8,12,15H,1-4,9H2,(H,19,22)(H,20,23)(H,24,25)/t15-/m0/s1. The number of amides is 1. The zero-order chi connectivity index (χ0) is 18.3. The molecule has 0 radical (unpaired) electrons. The van der Waals surface area contributed by atoms with Gasteiger partial charge >= 0.3 is 5.97 Å². The number of nitrogens with zero attached hydrogens (tertiary/aromatic N) is 1. The Bertz CT molecular complexity index is 910. The molecule has 1 fully saturated rings. The summed E-state index contributed by atoms with van der Waals surface area (Å²) < 4.78 is 1.83. The van der Waals surface area contributed by atoms with Gasteiger partial charge in [0.15, 0.2) is 0 Å². The van der Waals surface area contributed by atoms with E-state index in [-0.39, 0.29) is 34.1 Å². The van der Waals surface area contributed by atoms with Crippen LogP contribution in [0.2, 0.25) is 0 Å². The Morgan fingerprint density at radius 1 is 1.15 bits per heavy atom. The van der Waals surface area contributed by atoms with Gasteiger partial charge in [0.25, 0.3) is 5.56 Å². The molecule has 2 aromatic rings. The Morgan fingerprint density at radius 3 is 2.50 bits per heavy atom. The lowest BCUT2D eigenvalue weighted by molar-refractivity contribution is -0.113. The monoisotopic (exact) mass is 373 g/mol. The first-order valence-electron chi connectivity index (χ1n) is 8.63. The molecule has 1 aromatic heterocycles. The number of aromatic carboxylic acids is 1. The number of benzene rings is 1. The van der Waals surface area contributed by atoms with Crippen LogP contribution in [0, 0.1) is 0 Å². The summed E-state index contributed by atoms with van der Waals surface area (Å²) in [4.78, 5) is 36.0. The van der Waals surface area contributed by atoms with E-state index >= 15 is 0 Å². The Hall–Kier alpha value is -2.48. The van der Waals surface area contributed by atoms with Gasteiger partial charge in [-0.3, -0.25) is 19.4 Å². The van der Waals surface area contributed by atoms with Gasteiger partial charge in [0.2, 0.25) is 5.91 Å². The molecule has 0 unspecified atom stereocenters. The van der Waals surface area contributed by atoms with Crippen molar-refractivity contribution < 1.29 is 14.7 Å². The topological polar surface area (TPSA) is 104 Å². The fourth-order valence-corrected chi connectivity index (χ4v) is 4.87. The summed E-state index contributed by atoms with van der Waals surface area (Å²) in [7, 11) is 0. The number of carboxylic acids is 1. The van der Waals surface area contributed by atoms with E-state index in [1.807, 2.05) is 4.68 Å². The van der Waals surface area contributed by atoms with Gasteiger partial charge in [0.05, 0.1) is 28.2 Å². The van der Waals surface area contributed by atoms with Gasteiger partial charge in [-0.1, -0.05) is 25.0 Å². The predicted molar refractivity (Wildman–Crippen MR) is 98.9 cm³/mol. The Balaban J connectivity index is 1.79. The molecule has 0 saturated heterocycles. The van der Waals surface area contributed by atoms with Crippen molar-refractivity contribution in [3.63, 3.8) is 0 Å². The molecule has 26 heavy (non-hydrogen) atoms. The molecule has 4 rings (SSSR count). The number of fused-ring (bicyclic) bond motifs is 1. The smallest absolute Gasteiger partial charge is 0.335 e. The summed E-state index contributed by atoms with van der Waals surface area (Å²) in [6.45, 7) is 0. The maximum absolute atomic E-state index is 12.7. The van der Waals surface area contributed by atoms with E-state index < -0.39 is 5.97 Å². The molecule has 8 heteroatoms. The molecule has 3 N–H and O–H groups in total. The van der Waals surface area contributed by atoms with Crippen molar-refractivity contribution in [2.45, 2.75) is 37.0 Å². The number of aromatic nitrogens is 2. The SMILES string of the molecule is O=C1CS[C@@H](c2ccc(C(=O)O)cc2)c2c(n(C3CCCC3)[nH]c2=O)N1. The van der Waals surface area contributed by atoms with E-state index in [2.05, 4.69) is 10.4 Å². The van der Waals surface area contributed by atoms with Crippen LogP contribution in [0.5, 0.6) is 0 Å². The predicted octanol–water partition coefficient (Wildman–Crippen LogP) is 2.76. The molecule has 1 amide bonds. The first-order chi connectivity index (χ1) is 12.5. The number of H-pyrrole nitrogens is 1. The molecule has 0 bridgehead atoms. The van der Waals surface area contributed by atoms with Gasteiger partial charge in [-0.2, -0.15) is 0 Å². The molecule has 136 valence electrons. The minimum Gasteiger partial charge on any atom is -0.478 e. The summed E-state index contributed by atoms with van der Waals surface area (Å²) in [5.74, 6) is -0.326. The highest BCUT2D eigenvalue weighted by atomic mass is 32.2. The number of hydrogen-bond acceptors (Lipinski definition) is 4. The molecule has 0 spiro atoms. The van der Waals surface area contributed by atoms with Crippen LogP contribution in [0.1, 0.15) is 58.5 Å². The summed E-state index contributed by atoms with van der Waals surface area (Å²) >= 11 is 1.38. The van der Waals surface area contributed by atoms with Crippen molar-refractivity contribution in [1.29, 1.82) is 0 Å². The normalized spacial score (nSPS) is 20.5. The highest BCUT2D eigenvalue weighted by molar-refractivity contribution is 8.00. The van der Waals surface area contributed by atoms with E-state index in [1.165, 1.54) is 23.9 Å². The number of aromatic amines is 1. The fourth-order valence-electron chi connectivity index (χ4n) is 3.74. The van der Waals surface area contributed by atoms with Gasteiger partial charge in [0, 0.05) is 0 Å². The molecule has 1 aliphatic carbocycles. The molecule has 7 nitrogen and oxygen atoms in total. The average Bonchev–Trinajstić information content (AvgIpc) is 3.21. The van der Waals surface area contributed by atoms with Gasteiger partial charge in [-0.15, -0.1) is 11.8 Å². The largest absolute Gasteiger partial charge is 0.478 e. The number of rotatable bonds is 3. The van der Waals surface area contributed by atoms with Crippen LogP contribution in [0.15, 0.2) is 29.1 Å². The van der Waals surface area contributed by atoms with E-state index in [4.69, 9.17) is 5.11 Å². The minimum atomic E-state index is -0.993. The van der Waals surface area contributed by atoms with E-state index in [0.717, 1.165) is 31.2 Å². The number of carboxylic acid groups (broad SMARTS) is 1. The lowest BCUT2D eigenvalue weighted by Gasteiger charge is -2.16. The van der Waals surface area contributed by atoms with Crippen LogP contribution in [0.25, 0.3) is 0 Å². The van der Waals surface area contributed by atoms with Crippen LogP contribution in [0.3, 0.4) is 0 Å². The maximum Gasteiger partial charge on any atom is 0.335 e. The highest BCUT2D eigenvalue weighted by Crippen LogP contribution is 2.41. The van der Waals surface area contributed by atoms with Gasteiger partial charge in [-0.05, 0) is 30.5 Å². The summed E-state index contributed by atoms with van der Waals surface area (Å²) in [5, 5.41) is 14.6. The molecule has 2 heterocycles. The molecular formula is C18H19N3O4S. The van der Waals surface area contributed by atoms with Crippen molar-refractivity contribution in [2.24, 2.45) is 0 Å². The molecule has 1 aromatic carbocycles. The van der Waals surface area contributed by atoms with Gasteiger partial charge in [0.1, 0.15) is 5.82 Å². The molecule has 2 aliphatic rings. The van der Waals surface area contributed by atoms with Crippen LogP contribution in [-0.2, 0) is 4.79 Å². The second kappa shape index (κ2) is 6.68. The van der Waals surface area contributed by atoms with E-state index in [1.54, 1.807) is 12.1 Å². The summed E-state index contributed by atoms with van der Waals surface area (Å²) in [6, 6.07) is 6.69. The van der Waals surface area contributed by atoms with Crippen molar-refractivity contribution >= 4 is 29.5 Å². The number of carbonyl (C=O) groups excluding carboxylic acids is 1. The second-order valence-electron chi connectivity index (χ2n) is 6.68. The number of thioether (sulfide) groups is 1. The molecule has 1 atom stereocenters. The third-order valence-electron chi connectivity index (χ3n) is 5.01. The highest BCUT2D eigenvalue weighted by Gasteiger charge is 2.32. The number of nitrogens with one attached hydrogen (secondary N) is 2. The maximum atomic E-state index is 12.7. The van der Waals surface area contributed by atoms with Crippen LogP contribution < -0.4 is 10.9 Å². The summed E-state index contributed by atoms with van der Waals surface area (Å²) in [5.41, 5.74) is 1.34. The van der Waals surface area contributed by atoms with Gasteiger partial charge < -0.3 is 10.4 Å². The van der Waals surface area contributed by atoms with Gasteiger partial charge in [-0.25, -0.2) is 4.79 Å². The van der Waals surface area contributed by atoms with E-state index in [9.17, 15) is 14.4 Å². The van der Waals surface area contributed by atoms with Crippen molar-refractivity contribution in [3.05, 3.63) is 51.3 Å². The zero-order valence-electron chi connectivity index (χ0n) is 14.0. The quantitative estimate of drug-likeness (QED) is 0.767. The number of anilines is 1. The van der Waals surface area contributed by atoms with Crippen molar-refractivity contribution in [2.75, 3.05) is 11.1 Å². The third kappa shape index (κ3) is 2.94. The lowest BCUT2D eigenvalue weighted by atomic mass is 10.0. The average molecular weight is 373 g/mol. The molecular weight excluding hydrogens is 354 g/mol. The summed E-state index contributed by atoms with van der Waals surface area (Å²) in [6.07, 6.45) is 4.20. The first-order valence-corrected chi connectivity index (χ1v) is 9.68. The number of carbonyl (C=O) groups is 2. The minimum absolute atomic E-state index is 0.133. The van der Waals surface area contributed by atoms with Crippen molar-refractivity contribution in [1.82, 2.24) is 9.78 Å². The fraction of sp³-hybridized carbons (Fsp3) is 0.389. The van der Waals surface area contributed by atoms with Crippen LogP contribution in [0.4, 0.5) is 5.82 Å². The van der Waals surface area contributed by atoms with E-state index in [0.29, 0.717) is 11.4 Å². The Morgan fingerprint density at radius 2 is 1.85 bits per heavy atom. The number of hydrogen-bond donors (Lipinski definition) is 3. The first kappa shape index (κ1) is 17.0. The lowest BCUT2D eigenvalue weighted by Crippen LogP contribution is -2.18. The second-order valence-corrected chi connectivity index (χ2v) is 7.77. The zero-order valence-corrected chi connectivity index (χ0v) is 14.8.